The summed E-state index contributed by atoms with van der Waals surface area (Å²) in [6.45, 7) is 16.1. The molecule has 0 aromatic heterocycles. The van der Waals surface area contributed by atoms with Crippen LogP contribution in [0.4, 0.5) is 4.79 Å². The van der Waals surface area contributed by atoms with Crippen molar-refractivity contribution < 1.29 is 14.6 Å². The molecule has 1 unspecified atom stereocenters. The molecule has 0 spiro atoms. The Hall–Kier alpha value is -1.55. The van der Waals surface area contributed by atoms with E-state index in [1.165, 1.54) is 5.56 Å². The molecule has 2 N–H and O–H groups in total. The van der Waals surface area contributed by atoms with Gasteiger partial charge in [-0.15, -0.1) is 0 Å². The lowest BCUT2D eigenvalue weighted by atomic mass is 9.85. The molecule has 2 atom stereocenters. The molecule has 0 heterocycles. The van der Waals surface area contributed by atoms with E-state index >= 15 is 0 Å². The average Bonchev–Trinajstić information content (AvgIpc) is 2.42. The lowest BCUT2D eigenvalue weighted by Gasteiger charge is -2.28. The summed E-state index contributed by atoms with van der Waals surface area (Å²) in [5.74, 6) is 0.337. The molecule has 0 bridgehead atoms. The molecular formula is C21H35NO3. The summed E-state index contributed by atoms with van der Waals surface area (Å²) in [6.07, 6.45) is -0.603. The average molecular weight is 350 g/mol. The van der Waals surface area contributed by atoms with Crippen LogP contribution in [-0.4, -0.2) is 22.8 Å². The fourth-order valence-electron chi connectivity index (χ4n) is 2.65. The van der Waals surface area contributed by atoms with Gasteiger partial charge in [-0.1, -0.05) is 58.9 Å². The van der Waals surface area contributed by atoms with Crippen molar-refractivity contribution in [2.75, 3.05) is 0 Å². The minimum absolute atomic E-state index is 0.0651. The Balaban J connectivity index is 2.92. The van der Waals surface area contributed by atoms with Gasteiger partial charge in [0.1, 0.15) is 5.60 Å². The number of carbonyl (C=O) groups excluding carboxylic acids is 1. The molecule has 1 amide bonds. The van der Waals surface area contributed by atoms with Crippen LogP contribution in [0, 0.1) is 5.92 Å². The number of ether oxygens (including phenoxy) is 1. The van der Waals surface area contributed by atoms with Crippen molar-refractivity contribution in [1.82, 2.24) is 5.32 Å². The van der Waals surface area contributed by atoms with Crippen LogP contribution >= 0.6 is 0 Å². The maximum atomic E-state index is 12.1. The molecular weight excluding hydrogens is 314 g/mol. The molecule has 1 aromatic carbocycles. The first-order valence-corrected chi connectivity index (χ1v) is 9.07. The molecule has 4 heteroatoms. The highest BCUT2D eigenvalue weighted by Gasteiger charge is 2.26. The van der Waals surface area contributed by atoms with Gasteiger partial charge in [-0.25, -0.2) is 4.79 Å². The molecule has 0 fully saturated rings. The predicted octanol–water partition coefficient (Wildman–Crippen LogP) is 4.96. The second-order valence-electron chi connectivity index (χ2n) is 9.20. The smallest absolute Gasteiger partial charge is 0.407 e. The Kier molecular flexibility index (Phi) is 7.07. The van der Waals surface area contributed by atoms with Crippen LogP contribution in [0.5, 0.6) is 0 Å². The van der Waals surface area contributed by atoms with Gasteiger partial charge in [0.25, 0.3) is 0 Å². The van der Waals surface area contributed by atoms with Crippen LogP contribution in [0.15, 0.2) is 24.3 Å². The Morgan fingerprint density at radius 2 is 1.60 bits per heavy atom. The highest BCUT2D eigenvalue weighted by Crippen LogP contribution is 2.26. The summed E-state index contributed by atoms with van der Waals surface area (Å²) in [5, 5.41) is 13.6. The zero-order valence-corrected chi connectivity index (χ0v) is 17.0. The van der Waals surface area contributed by atoms with Gasteiger partial charge < -0.3 is 15.2 Å². The van der Waals surface area contributed by atoms with Crippen molar-refractivity contribution in [3.05, 3.63) is 35.4 Å². The standard InChI is InChI=1S/C21H35NO3/c1-14(2)13-17(22-19(24)25-21(6,7)8)18(23)15-9-11-16(12-10-15)20(3,4)5/h9-12,14,17-18,23H,13H2,1-8H3,(H,22,24)/t17-,18?/m1/s1. The molecule has 1 rings (SSSR count). The zero-order chi connectivity index (χ0) is 19.4. The van der Waals surface area contributed by atoms with Crippen molar-refractivity contribution in [2.45, 2.75) is 85.0 Å². The topological polar surface area (TPSA) is 58.6 Å². The summed E-state index contributed by atoms with van der Waals surface area (Å²) in [7, 11) is 0. The molecule has 0 aliphatic rings. The Labute approximate surface area is 153 Å². The third-order valence-electron chi connectivity index (χ3n) is 3.93. The third kappa shape index (κ3) is 7.47. The summed E-state index contributed by atoms with van der Waals surface area (Å²) in [6, 6.07) is 7.57. The number of alkyl carbamates (subject to hydrolysis) is 1. The van der Waals surface area contributed by atoms with E-state index < -0.39 is 23.8 Å². The summed E-state index contributed by atoms with van der Waals surface area (Å²) in [4.78, 5) is 12.1. The van der Waals surface area contributed by atoms with Crippen LogP contribution < -0.4 is 5.32 Å². The second-order valence-corrected chi connectivity index (χ2v) is 9.20. The van der Waals surface area contributed by atoms with E-state index in [2.05, 4.69) is 39.9 Å². The van der Waals surface area contributed by atoms with Crippen molar-refractivity contribution in [1.29, 1.82) is 0 Å². The lowest BCUT2D eigenvalue weighted by Crippen LogP contribution is -2.43. The molecule has 0 aliphatic heterocycles. The highest BCUT2D eigenvalue weighted by atomic mass is 16.6. The summed E-state index contributed by atoms with van der Waals surface area (Å²) >= 11 is 0. The van der Waals surface area contributed by atoms with Crippen molar-refractivity contribution >= 4 is 6.09 Å². The molecule has 142 valence electrons. The van der Waals surface area contributed by atoms with Crippen LogP contribution in [0.2, 0.25) is 0 Å². The minimum Gasteiger partial charge on any atom is -0.444 e. The van der Waals surface area contributed by atoms with Gasteiger partial charge in [-0.2, -0.15) is 0 Å². The van der Waals surface area contributed by atoms with Crippen molar-refractivity contribution in [2.24, 2.45) is 5.92 Å². The number of amides is 1. The van der Waals surface area contributed by atoms with E-state index in [0.717, 1.165) is 5.56 Å². The van der Waals surface area contributed by atoms with E-state index in [1.807, 2.05) is 45.0 Å². The first-order chi connectivity index (χ1) is 11.3. The fourth-order valence-corrected chi connectivity index (χ4v) is 2.65. The van der Waals surface area contributed by atoms with E-state index in [1.54, 1.807) is 0 Å². The molecule has 0 saturated carbocycles. The van der Waals surface area contributed by atoms with Gasteiger partial charge in [0.05, 0.1) is 12.1 Å². The predicted molar refractivity (Wildman–Crippen MR) is 103 cm³/mol. The van der Waals surface area contributed by atoms with E-state index in [-0.39, 0.29) is 5.41 Å². The Morgan fingerprint density at radius 3 is 2.00 bits per heavy atom. The van der Waals surface area contributed by atoms with Crippen LogP contribution in [0.3, 0.4) is 0 Å². The van der Waals surface area contributed by atoms with Gasteiger partial charge in [-0.05, 0) is 49.7 Å². The highest BCUT2D eigenvalue weighted by molar-refractivity contribution is 5.68. The number of nitrogens with one attached hydrogen (secondary N) is 1. The van der Waals surface area contributed by atoms with Gasteiger partial charge in [0.2, 0.25) is 0 Å². The van der Waals surface area contributed by atoms with Crippen LogP contribution in [0.1, 0.15) is 79.0 Å². The van der Waals surface area contributed by atoms with Gasteiger partial charge in [-0.3, -0.25) is 0 Å². The fraction of sp³-hybridized carbons (Fsp3) is 0.667. The summed E-state index contributed by atoms with van der Waals surface area (Å²) in [5.41, 5.74) is 1.51. The van der Waals surface area contributed by atoms with Crippen LogP contribution in [0.25, 0.3) is 0 Å². The van der Waals surface area contributed by atoms with Gasteiger partial charge >= 0.3 is 6.09 Å². The van der Waals surface area contributed by atoms with Gasteiger partial charge in [0, 0.05) is 0 Å². The molecule has 4 nitrogen and oxygen atoms in total. The number of hydrogen-bond donors (Lipinski definition) is 2. The first kappa shape index (κ1) is 21.5. The maximum absolute atomic E-state index is 12.1. The molecule has 25 heavy (non-hydrogen) atoms. The monoisotopic (exact) mass is 349 g/mol. The number of aliphatic hydroxyl groups excluding tert-OH is 1. The number of aliphatic hydroxyl groups is 1. The largest absolute Gasteiger partial charge is 0.444 e. The van der Waals surface area contributed by atoms with Crippen molar-refractivity contribution in [3.63, 3.8) is 0 Å². The Morgan fingerprint density at radius 1 is 1.08 bits per heavy atom. The molecule has 0 radical (unpaired) electrons. The normalized spacial score (nSPS) is 15.0. The number of rotatable bonds is 5. The third-order valence-corrected chi connectivity index (χ3v) is 3.93. The quantitative estimate of drug-likeness (QED) is 0.790. The molecule has 1 aromatic rings. The number of hydrogen-bond acceptors (Lipinski definition) is 3. The SMILES string of the molecule is CC(C)C[C@@H](NC(=O)OC(C)(C)C)C(O)c1ccc(C(C)(C)C)cc1. The van der Waals surface area contributed by atoms with Gasteiger partial charge in [0.15, 0.2) is 0 Å². The molecule has 0 aliphatic carbocycles. The Bertz CT molecular complexity index is 550. The van der Waals surface area contributed by atoms with E-state index in [9.17, 15) is 9.90 Å². The number of carbonyl (C=O) groups is 1. The summed E-state index contributed by atoms with van der Waals surface area (Å²) < 4.78 is 5.34. The second kappa shape index (κ2) is 8.22. The molecule has 0 saturated heterocycles. The van der Waals surface area contributed by atoms with E-state index in [4.69, 9.17) is 4.74 Å². The van der Waals surface area contributed by atoms with E-state index in [0.29, 0.717) is 12.3 Å². The van der Waals surface area contributed by atoms with Crippen molar-refractivity contribution in [3.8, 4) is 0 Å². The first-order valence-electron chi connectivity index (χ1n) is 9.07. The van der Waals surface area contributed by atoms with Crippen LogP contribution in [-0.2, 0) is 10.2 Å². The lowest BCUT2D eigenvalue weighted by molar-refractivity contribution is 0.0402. The maximum Gasteiger partial charge on any atom is 0.407 e. The minimum atomic E-state index is -0.774. The zero-order valence-electron chi connectivity index (χ0n) is 17.0. The number of benzene rings is 1.